The first-order valence-corrected chi connectivity index (χ1v) is 7.87. The molecule has 1 aromatic rings. The Kier molecular flexibility index (Phi) is 4.04. The molecule has 3 rings (SSSR count). The van der Waals surface area contributed by atoms with Crippen molar-refractivity contribution in [2.24, 2.45) is 17.8 Å². The van der Waals surface area contributed by atoms with E-state index in [1.54, 1.807) is 7.11 Å². The van der Waals surface area contributed by atoms with Gasteiger partial charge in [-0.15, -0.1) is 0 Å². The maximum absolute atomic E-state index is 12.1. The van der Waals surface area contributed by atoms with Crippen LogP contribution in [0.2, 0.25) is 0 Å². The van der Waals surface area contributed by atoms with Crippen molar-refractivity contribution < 1.29 is 9.53 Å². The molecule has 21 heavy (non-hydrogen) atoms. The molecule has 2 amide bonds. The van der Waals surface area contributed by atoms with Gasteiger partial charge in [0.2, 0.25) is 0 Å². The predicted octanol–water partition coefficient (Wildman–Crippen LogP) is 3.64. The molecule has 4 nitrogen and oxygen atoms in total. The highest BCUT2D eigenvalue weighted by Gasteiger charge is 2.42. The first kappa shape index (κ1) is 14.2. The van der Waals surface area contributed by atoms with Gasteiger partial charge in [0.05, 0.1) is 7.11 Å². The van der Waals surface area contributed by atoms with Crippen LogP contribution in [0, 0.1) is 17.8 Å². The first-order chi connectivity index (χ1) is 10.2. The van der Waals surface area contributed by atoms with Crippen LogP contribution in [-0.4, -0.2) is 19.2 Å². The lowest BCUT2D eigenvalue weighted by Gasteiger charge is -2.28. The van der Waals surface area contributed by atoms with Crippen molar-refractivity contribution in [1.82, 2.24) is 5.32 Å². The van der Waals surface area contributed by atoms with Crippen molar-refractivity contribution in [2.45, 2.75) is 38.6 Å². The van der Waals surface area contributed by atoms with E-state index in [-0.39, 0.29) is 12.1 Å². The second-order valence-corrected chi connectivity index (χ2v) is 6.45. The number of rotatable bonds is 4. The summed E-state index contributed by atoms with van der Waals surface area (Å²) in [6.45, 7) is 2.14. The zero-order valence-electron chi connectivity index (χ0n) is 12.8. The summed E-state index contributed by atoms with van der Waals surface area (Å²) in [7, 11) is 1.63. The number of nitrogens with one attached hydrogen (secondary N) is 2. The third-order valence-corrected chi connectivity index (χ3v) is 5.14. The third-order valence-electron chi connectivity index (χ3n) is 5.14. The van der Waals surface area contributed by atoms with Gasteiger partial charge in [-0.05, 0) is 68.2 Å². The fourth-order valence-electron chi connectivity index (χ4n) is 4.06. The molecule has 0 radical (unpaired) electrons. The summed E-state index contributed by atoms with van der Waals surface area (Å²) < 4.78 is 5.11. The molecule has 0 heterocycles. The smallest absolute Gasteiger partial charge is 0.319 e. The monoisotopic (exact) mass is 288 g/mol. The summed E-state index contributed by atoms with van der Waals surface area (Å²) in [5, 5.41) is 5.99. The molecule has 0 spiro atoms. The molecular weight excluding hydrogens is 264 g/mol. The molecule has 1 aromatic carbocycles. The van der Waals surface area contributed by atoms with Crippen LogP contribution in [0.25, 0.3) is 0 Å². The van der Waals surface area contributed by atoms with E-state index in [0.717, 1.165) is 23.3 Å². The van der Waals surface area contributed by atoms with Crippen LogP contribution in [0.1, 0.15) is 32.6 Å². The van der Waals surface area contributed by atoms with Gasteiger partial charge >= 0.3 is 6.03 Å². The Balaban J connectivity index is 1.51. The van der Waals surface area contributed by atoms with Gasteiger partial charge < -0.3 is 15.4 Å². The normalized spacial score (nSPS) is 28.2. The largest absolute Gasteiger partial charge is 0.497 e. The second kappa shape index (κ2) is 5.96. The van der Waals surface area contributed by atoms with E-state index in [9.17, 15) is 4.79 Å². The quantitative estimate of drug-likeness (QED) is 0.888. The zero-order valence-corrected chi connectivity index (χ0v) is 12.8. The van der Waals surface area contributed by atoms with Crippen molar-refractivity contribution >= 4 is 11.7 Å². The molecule has 114 valence electrons. The summed E-state index contributed by atoms with van der Waals surface area (Å²) in [5.41, 5.74) is 0.786. The van der Waals surface area contributed by atoms with Gasteiger partial charge in [-0.1, -0.05) is 6.42 Å². The zero-order chi connectivity index (χ0) is 14.8. The molecule has 0 aromatic heterocycles. The number of urea groups is 1. The average molecular weight is 288 g/mol. The van der Waals surface area contributed by atoms with Crippen LogP contribution in [0.5, 0.6) is 5.75 Å². The Labute approximate surface area is 126 Å². The number of hydrogen-bond acceptors (Lipinski definition) is 2. The fourth-order valence-corrected chi connectivity index (χ4v) is 4.06. The van der Waals surface area contributed by atoms with Gasteiger partial charge in [-0.3, -0.25) is 0 Å². The Morgan fingerprint density at radius 3 is 2.57 bits per heavy atom. The Hall–Kier alpha value is -1.71. The second-order valence-electron chi connectivity index (χ2n) is 6.45. The average Bonchev–Trinajstić information content (AvgIpc) is 3.10. The maximum atomic E-state index is 12.1. The van der Waals surface area contributed by atoms with E-state index in [0.29, 0.717) is 5.92 Å². The Morgan fingerprint density at radius 1 is 1.24 bits per heavy atom. The summed E-state index contributed by atoms with van der Waals surface area (Å²) in [5.74, 6) is 3.18. The van der Waals surface area contributed by atoms with E-state index in [4.69, 9.17) is 4.74 Å². The summed E-state index contributed by atoms with van der Waals surface area (Å²) in [6.07, 6.45) is 5.40. The van der Waals surface area contributed by atoms with Gasteiger partial charge in [0, 0.05) is 11.7 Å². The van der Waals surface area contributed by atoms with Gasteiger partial charge in [0.25, 0.3) is 0 Å². The third kappa shape index (κ3) is 3.14. The molecule has 0 unspecified atom stereocenters. The van der Waals surface area contributed by atoms with E-state index < -0.39 is 0 Å². The Morgan fingerprint density at radius 2 is 2.00 bits per heavy atom. The number of benzene rings is 1. The molecule has 2 fully saturated rings. The number of methoxy groups -OCH3 is 1. The van der Waals surface area contributed by atoms with E-state index in [1.165, 1.54) is 25.7 Å². The maximum Gasteiger partial charge on any atom is 0.319 e. The van der Waals surface area contributed by atoms with Crippen LogP contribution in [0.3, 0.4) is 0 Å². The lowest BCUT2D eigenvalue weighted by atomic mass is 9.84. The van der Waals surface area contributed by atoms with Crippen molar-refractivity contribution in [3.8, 4) is 5.75 Å². The van der Waals surface area contributed by atoms with E-state index in [1.807, 2.05) is 24.3 Å². The molecule has 4 heteroatoms. The number of fused-ring (bicyclic) bond motifs is 2. The van der Waals surface area contributed by atoms with Crippen molar-refractivity contribution in [2.75, 3.05) is 12.4 Å². The Bertz CT molecular complexity index is 500. The van der Waals surface area contributed by atoms with Crippen molar-refractivity contribution in [3.05, 3.63) is 24.3 Å². The first-order valence-electron chi connectivity index (χ1n) is 7.87. The molecule has 2 N–H and O–H groups in total. The van der Waals surface area contributed by atoms with Crippen molar-refractivity contribution in [1.29, 1.82) is 0 Å². The molecule has 2 saturated carbocycles. The van der Waals surface area contributed by atoms with Gasteiger partial charge in [-0.25, -0.2) is 4.79 Å². The van der Waals surface area contributed by atoms with Crippen LogP contribution in [0.4, 0.5) is 10.5 Å². The number of anilines is 1. The van der Waals surface area contributed by atoms with Crippen LogP contribution >= 0.6 is 0 Å². The highest BCUT2D eigenvalue weighted by atomic mass is 16.5. The topological polar surface area (TPSA) is 50.4 Å². The molecule has 0 saturated heterocycles. The SMILES string of the molecule is COc1ccc(NC(=O)N[C@H](C)[C@H]2C[C@@H]3CC[C@@H]2C3)cc1. The van der Waals surface area contributed by atoms with Gasteiger partial charge in [0.15, 0.2) is 0 Å². The molecular formula is C17H24N2O2. The molecule has 2 aliphatic rings. The highest BCUT2D eigenvalue weighted by molar-refractivity contribution is 5.89. The number of carbonyl (C=O) groups is 1. The fraction of sp³-hybridized carbons (Fsp3) is 0.588. The van der Waals surface area contributed by atoms with Crippen LogP contribution in [-0.2, 0) is 0 Å². The lowest BCUT2D eigenvalue weighted by Crippen LogP contribution is -2.42. The van der Waals surface area contributed by atoms with Gasteiger partial charge in [0.1, 0.15) is 5.75 Å². The van der Waals surface area contributed by atoms with Crippen LogP contribution in [0.15, 0.2) is 24.3 Å². The minimum absolute atomic E-state index is 0.115. The summed E-state index contributed by atoms with van der Waals surface area (Å²) >= 11 is 0. The van der Waals surface area contributed by atoms with Crippen molar-refractivity contribution in [3.63, 3.8) is 0 Å². The standard InChI is InChI=1S/C17H24N2O2/c1-11(16-10-12-3-4-13(16)9-12)18-17(20)19-14-5-7-15(21-2)8-6-14/h5-8,11-13,16H,3-4,9-10H2,1-2H3,(H2,18,19,20)/t11-,12-,13-,16-/m1/s1. The minimum Gasteiger partial charge on any atom is -0.497 e. The summed E-state index contributed by atoms with van der Waals surface area (Å²) in [4.78, 5) is 12.1. The van der Waals surface area contributed by atoms with E-state index in [2.05, 4.69) is 17.6 Å². The minimum atomic E-state index is -0.115. The molecule has 2 bridgehead atoms. The lowest BCUT2D eigenvalue weighted by molar-refractivity contribution is 0.230. The van der Waals surface area contributed by atoms with Gasteiger partial charge in [-0.2, -0.15) is 0 Å². The highest BCUT2D eigenvalue weighted by Crippen LogP contribution is 2.49. The number of hydrogen-bond donors (Lipinski definition) is 2. The van der Waals surface area contributed by atoms with E-state index >= 15 is 0 Å². The predicted molar refractivity (Wildman–Crippen MR) is 83.5 cm³/mol. The number of carbonyl (C=O) groups excluding carboxylic acids is 1. The molecule has 2 aliphatic carbocycles. The molecule has 4 atom stereocenters. The summed E-state index contributed by atoms with van der Waals surface area (Å²) in [6, 6.07) is 7.51. The number of amides is 2. The molecule has 0 aliphatic heterocycles. The number of ether oxygens (including phenoxy) is 1. The van der Waals surface area contributed by atoms with Crippen LogP contribution < -0.4 is 15.4 Å².